The smallest absolute Gasteiger partial charge is 0.246 e. The third kappa shape index (κ3) is 2.81. The van der Waals surface area contributed by atoms with Crippen LogP contribution in [-0.2, 0) is 10.0 Å². The van der Waals surface area contributed by atoms with E-state index in [1.165, 1.54) is 16.4 Å². The summed E-state index contributed by atoms with van der Waals surface area (Å²) in [6.45, 7) is 0.316. The molecule has 0 saturated carbocycles. The number of fused-ring (bicyclic) bond motifs is 1. The highest BCUT2D eigenvalue weighted by molar-refractivity contribution is 7.89. The molecule has 0 aromatic heterocycles. The number of hydrogen-bond acceptors (Lipinski definition) is 4. The Morgan fingerprint density at radius 3 is 2.46 bits per heavy atom. The number of nitrogens with zero attached hydrogens (tertiary/aromatic N) is 1. The second-order valence-corrected chi connectivity index (χ2v) is 9.21. The molecule has 2 aliphatic heterocycles. The van der Waals surface area contributed by atoms with Crippen LogP contribution in [0.2, 0.25) is 10.0 Å². The van der Waals surface area contributed by atoms with Gasteiger partial charge in [-0.25, -0.2) is 8.42 Å². The molecule has 0 radical (unpaired) electrons. The van der Waals surface area contributed by atoms with Gasteiger partial charge in [0.2, 0.25) is 10.0 Å². The van der Waals surface area contributed by atoms with E-state index >= 15 is 0 Å². The van der Waals surface area contributed by atoms with Crippen molar-refractivity contribution >= 4 is 39.0 Å². The van der Waals surface area contributed by atoms with Gasteiger partial charge in [0.25, 0.3) is 0 Å². The molecular formula is C18H15Cl2NO4S. The lowest BCUT2D eigenvalue weighted by molar-refractivity contribution is 0.0498. The molecule has 1 saturated heterocycles. The number of ether oxygens (including phenoxy) is 1. The fourth-order valence-electron chi connectivity index (χ4n) is 3.54. The summed E-state index contributed by atoms with van der Waals surface area (Å²) in [6, 6.07) is 11.6. The molecule has 0 aliphatic carbocycles. The van der Waals surface area contributed by atoms with Crippen molar-refractivity contribution in [3.05, 3.63) is 58.1 Å². The van der Waals surface area contributed by atoms with Crippen molar-refractivity contribution in [1.82, 2.24) is 4.31 Å². The normalized spacial score (nSPS) is 23.1. The van der Waals surface area contributed by atoms with Crippen LogP contribution < -0.4 is 4.74 Å². The zero-order valence-corrected chi connectivity index (χ0v) is 15.9. The maximum atomic E-state index is 13.0. The Morgan fingerprint density at radius 1 is 1.04 bits per heavy atom. The van der Waals surface area contributed by atoms with Gasteiger partial charge in [0, 0.05) is 13.0 Å². The number of sulfonamides is 1. The van der Waals surface area contributed by atoms with Crippen molar-refractivity contribution in [2.75, 3.05) is 13.1 Å². The van der Waals surface area contributed by atoms with Crippen LogP contribution in [0.15, 0.2) is 47.4 Å². The maximum Gasteiger partial charge on any atom is 0.246 e. The van der Waals surface area contributed by atoms with Crippen LogP contribution in [0.3, 0.4) is 0 Å². The number of halogens is 2. The first-order valence-corrected chi connectivity index (χ1v) is 10.3. The molecule has 1 unspecified atom stereocenters. The molecular weight excluding hydrogens is 397 g/mol. The van der Waals surface area contributed by atoms with Gasteiger partial charge in [-0.15, -0.1) is 0 Å². The van der Waals surface area contributed by atoms with Gasteiger partial charge < -0.3 is 4.74 Å². The fraction of sp³-hybridized carbons (Fsp3) is 0.278. The van der Waals surface area contributed by atoms with E-state index in [0.717, 1.165) is 0 Å². The Bertz CT molecular complexity index is 988. The summed E-state index contributed by atoms with van der Waals surface area (Å²) in [6.07, 6.45) is 0.570. The van der Waals surface area contributed by atoms with Gasteiger partial charge in [0.1, 0.15) is 16.2 Å². The summed E-state index contributed by atoms with van der Waals surface area (Å²) in [4.78, 5) is 12.4. The van der Waals surface area contributed by atoms with Crippen LogP contribution in [0.25, 0.3) is 0 Å². The largest absolute Gasteiger partial charge is 0.485 e. The number of para-hydroxylation sites is 1. The Hall–Kier alpha value is -1.60. The molecule has 2 aromatic rings. The summed E-state index contributed by atoms with van der Waals surface area (Å²) in [5.41, 5.74) is -0.319. The van der Waals surface area contributed by atoms with E-state index < -0.39 is 15.6 Å². The van der Waals surface area contributed by atoms with E-state index in [9.17, 15) is 13.2 Å². The number of carbonyl (C=O) groups is 1. The van der Waals surface area contributed by atoms with E-state index in [2.05, 4.69) is 0 Å². The summed E-state index contributed by atoms with van der Waals surface area (Å²) in [5, 5.41) is 0.147. The molecule has 0 bridgehead atoms. The van der Waals surface area contributed by atoms with Crippen LogP contribution in [0, 0.1) is 0 Å². The minimum Gasteiger partial charge on any atom is -0.485 e. The summed E-state index contributed by atoms with van der Waals surface area (Å²) >= 11 is 12.2. The highest BCUT2D eigenvalue weighted by atomic mass is 35.5. The lowest BCUT2D eigenvalue weighted by atomic mass is 9.89. The van der Waals surface area contributed by atoms with Crippen LogP contribution in [-0.4, -0.2) is 37.2 Å². The minimum atomic E-state index is -3.89. The number of hydrogen-bond donors (Lipinski definition) is 0. The Labute approximate surface area is 161 Å². The summed E-state index contributed by atoms with van der Waals surface area (Å²) in [5.74, 6) is 0.459. The predicted octanol–water partition coefficient (Wildman–Crippen LogP) is 3.79. The van der Waals surface area contributed by atoms with Crippen LogP contribution in [0.5, 0.6) is 5.75 Å². The molecule has 1 atom stereocenters. The Kier molecular flexibility index (Phi) is 4.27. The lowest BCUT2D eigenvalue weighted by Crippen LogP contribution is -2.45. The molecule has 0 N–H and O–H groups in total. The fourth-order valence-corrected chi connectivity index (χ4v) is 6.15. The number of benzene rings is 2. The molecule has 1 spiro atoms. The zero-order valence-electron chi connectivity index (χ0n) is 13.6. The molecule has 26 heavy (non-hydrogen) atoms. The minimum absolute atomic E-state index is 0.0399. The molecule has 0 amide bonds. The molecule has 2 aromatic carbocycles. The molecule has 2 aliphatic rings. The van der Waals surface area contributed by atoms with Gasteiger partial charge in [-0.3, -0.25) is 4.79 Å². The van der Waals surface area contributed by atoms with Crippen molar-refractivity contribution in [2.45, 2.75) is 23.3 Å². The summed E-state index contributed by atoms with van der Waals surface area (Å²) in [7, 11) is -3.89. The van der Waals surface area contributed by atoms with Crippen LogP contribution >= 0.6 is 23.2 Å². The van der Waals surface area contributed by atoms with Crippen molar-refractivity contribution in [2.24, 2.45) is 0 Å². The molecule has 136 valence electrons. The highest BCUT2D eigenvalue weighted by Gasteiger charge is 2.49. The molecule has 1 fully saturated rings. The van der Waals surface area contributed by atoms with Gasteiger partial charge in [-0.05, 0) is 24.3 Å². The highest BCUT2D eigenvalue weighted by Crippen LogP contribution is 2.41. The van der Waals surface area contributed by atoms with E-state index in [4.69, 9.17) is 27.9 Å². The second kappa shape index (κ2) is 6.23. The monoisotopic (exact) mass is 411 g/mol. The quantitative estimate of drug-likeness (QED) is 0.753. The third-order valence-electron chi connectivity index (χ3n) is 4.79. The molecule has 5 nitrogen and oxygen atoms in total. The first kappa shape index (κ1) is 17.8. The van der Waals surface area contributed by atoms with Crippen molar-refractivity contribution in [3.8, 4) is 5.75 Å². The maximum absolute atomic E-state index is 13.0. The van der Waals surface area contributed by atoms with E-state index in [-0.39, 0.29) is 40.2 Å². The molecule has 2 heterocycles. The number of ketones is 1. The van der Waals surface area contributed by atoms with Crippen LogP contribution in [0.4, 0.5) is 0 Å². The van der Waals surface area contributed by atoms with E-state index in [1.54, 1.807) is 30.3 Å². The lowest BCUT2D eigenvalue weighted by Gasteiger charge is -2.34. The van der Waals surface area contributed by atoms with Crippen molar-refractivity contribution in [1.29, 1.82) is 0 Å². The topological polar surface area (TPSA) is 63.7 Å². The first-order chi connectivity index (χ1) is 12.3. The van der Waals surface area contributed by atoms with Gasteiger partial charge in [0.05, 0.1) is 28.6 Å². The Morgan fingerprint density at radius 2 is 1.73 bits per heavy atom. The standard InChI is InChI=1S/C18H15Cl2NO4S/c19-13-5-3-6-14(20)17(13)26(23,24)21-9-8-18(11-21)10-15(22)12-4-1-2-7-16(12)25-18/h1-7H,8-11H2. The predicted molar refractivity (Wildman–Crippen MR) is 98.6 cm³/mol. The van der Waals surface area contributed by atoms with Gasteiger partial charge >= 0.3 is 0 Å². The third-order valence-corrected chi connectivity index (χ3v) is 7.60. The Balaban J connectivity index is 1.66. The number of carbonyl (C=O) groups excluding carboxylic acids is 1. The zero-order chi connectivity index (χ0) is 18.5. The van der Waals surface area contributed by atoms with E-state index in [1.807, 2.05) is 0 Å². The van der Waals surface area contributed by atoms with Gasteiger partial charge in [0.15, 0.2) is 5.78 Å². The van der Waals surface area contributed by atoms with Crippen LogP contribution in [0.1, 0.15) is 23.2 Å². The van der Waals surface area contributed by atoms with E-state index in [0.29, 0.717) is 17.7 Å². The number of Topliss-reactive ketones (excluding diaryl/α,β-unsaturated/α-hetero) is 1. The van der Waals surface area contributed by atoms with Gasteiger partial charge in [-0.1, -0.05) is 41.4 Å². The molecule has 8 heteroatoms. The average molecular weight is 412 g/mol. The van der Waals surface area contributed by atoms with Crippen molar-refractivity contribution in [3.63, 3.8) is 0 Å². The second-order valence-electron chi connectivity index (χ2n) is 6.52. The number of rotatable bonds is 2. The summed E-state index contributed by atoms with van der Waals surface area (Å²) < 4.78 is 33.5. The first-order valence-electron chi connectivity index (χ1n) is 8.08. The molecule has 4 rings (SSSR count). The van der Waals surface area contributed by atoms with Gasteiger partial charge in [-0.2, -0.15) is 4.31 Å². The van der Waals surface area contributed by atoms with Crippen molar-refractivity contribution < 1.29 is 17.9 Å². The SMILES string of the molecule is O=C1CC2(CCN(S(=O)(=O)c3c(Cl)cccc3Cl)C2)Oc2ccccc21. The average Bonchev–Trinajstić information content (AvgIpc) is 2.98.